The Hall–Kier alpha value is -2.07. The lowest BCUT2D eigenvalue weighted by Crippen LogP contribution is -2.05. The smallest absolute Gasteiger partial charge is 0.166 e. The highest BCUT2D eigenvalue weighted by Gasteiger charge is 2.28. The van der Waals surface area contributed by atoms with E-state index in [0.29, 0.717) is 12.8 Å². The number of rotatable bonds is 7. The summed E-state index contributed by atoms with van der Waals surface area (Å²) in [5.74, 6) is 0. The van der Waals surface area contributed by atoms with Crippen molar-refractivity contribution in [1.29, 1.82) is 0 Å². The van der Waals surface area contributed by atoms with Gasteiger partial charge in [0.1, 0.15) is 0 Å². The van der Waals surface area contributed by atoms with Gasteiger partial charge in [-0.05, 0) is 60.4 Å². The molecule has 3 rings (SSSR count). The molecule has 0 fully saturated rings. The quantitative estimate of drug-likeness (QED) is 0.635. The number of hydrogen-bond acceptors (Lipinski definition) is 2. The lowest BCUT2D eigenvalue weighted by Gasteiger charge is -2.09. The molecule has 0 aliphatic rings. The van der Waals surface area contributed by atoms with Gasteiger partial charge in [-0.15, -0.1) is 0 Å². The van der Waals surface area contributed by atoms with Crippen molar-refractivity contribution in [2.24, 2.45) is 0 Å². The summed E-state index contributed by atoms with van der Waals surface area (Å²) in [6.07, 6.45) is 1.38. The molecule has 0 aliphatic carbocycles. The minimum absolute atomic E-state index is 0.164. The molecule has 0 bridgehead atoms. The highest BCUT2D eigenvalue weighted by molar-refractivity contribution is 7.97. The molecule has 2 N–H and O–H groups in total. The fraction of sp³-hybridized carbons (Fsp3) is 0.182. The minimum atomic E-state index is -0.164. The summed E-state index contributed by atoms with van der Waals surface area (Å²) in [5.41, 5.74) is 2.31. The fourth-order valence-electron chi connectivity index (χ4n) is 2.81. The van der Waals surface area contributed by atoms with Gasteiger partial charge in [-0.25, -0.2) is 0 Å². The van der Waals surface area contributed by atoms with E-state index in [9.17, 15) is 0 Å². The molecular weight excluding hydrogens is 328 g/mol. The Kier molecular flexibility index (Phi) is 6.29. The first kappa shape index (κ1) is 17.7. The number of aliphatic hydroxyl groups excluding tert-OH is 2. The molecule has 0 radical (unpaired) electrons. The molecule has 0 unspecified atom stereocenters. The third-order valence-corrected chi connectivity index (χ3v) is 6.33. The maximum atomic E-state index is 9.11. The molecule has 0 amide bonds. The second kappa shape index (κ2) is 8.86. The summed E-state index contributed by atoms with van der Waals surface area (Å²) in [4.78, 5) is 3.82. The molecule has 25 heavy (non-hydrogen) atoms. The van der Waals surface area contributed by atoms with E-state index in [1.807, 2.05) is 6.07 Å². The summed E-state index contributed by atoms with van der Waals surface area (Å²) >= 11 is 0. The fourth-order valence-corrected chi connectivity index (χ4v) is 4.87. The molecular formula is C22H23O2S+. The molecule has 0 spiro atoms. The molecule has 0 atom stereocenters. The van der Waals surface area contributed by atoms with Gasteiger partial charge >= 0.3 is 0 Å². The van der Waals surface area contributed by atoms with Gasteiger partial charge in [0.05, 0.1) is 10.9 Å². The Morgan fingerprint density at radius 1 is 0.520 bits per heavy atom. The molecule has 2 nitrogen and oxygen atoms in total. The minimum Gasteiger partial charge on any atom is -0.396 e. The van der Waals surface area contributed by atoms with Crippen LogP contribution in [-0.4, -0.2) is 23.4 Å². The van der Waals surface area contributed by atoms with Crippen LogP contribution in [0.5, 0.6) is 0 Å². The summed E-state index contributed by atoms with van der Waals surface area (Å²) in [7, 11) is -0.164. The van der Waals surface area contributed by atoms with Gasteiger partial charge in [0.15, 0.2) is 14.7 Å². The van der Waals surface area contributed by atoms with Gasteiger partial charge in [0, 0.05) is 13.2 Å². The molecule has 0 saturated heterocycles. The second-order valence-corrected chi connectivity index (χ2v) is 7.88. The zero-order chi connectivity index (χ0) is 17.5. The second-order valence-electron chi connectivity index (χ2n) is 5.85. The zero-order valence-corrected chi connectivity index (χ0v) is 15.0. The number of benzene rings is 3. The average molecular weight is 351 g/mol. The molecule has 3 aromatic carbocycles. The van der Waals surface area contributed by atoms with Crippen molar-refractivity contribution in [2.75, 3.05) is 13.2 Å². The van der Waals surface area contributed by atoms with Crippen LogP contribution in [0.3, 0.4) is 0 Å². The number of hydrogen-bond donors (Lipinski definition) is 2. The van der Waals surface area contributed by atoms with Crippen molar-refractivity contribution < 1.29 is 10.2 Å². The van der Waals surface area contributed by atoms with Gasteiger partial charge in [0.25, 0.3) is 0 Å². The molecule has 0 heterocycles. The first-order chi connectivity index (χ1) is 12.3. The Balaban J connectivity index is 1.98. The van der Waals surface area contributed by atoms with Gasteiger partial charge in [-0.2, -0.15) is 0 Å². The van der Waals surface area contributed by atoms with E-state index in [1.165, 1.54) is 14.7 Å². The predicted octanol–water partition coefficient (Wildman–Crippen LogP) is 3.85. The normalized spacial score (nSPS) is 11.0. The lowest BCUT2D eigenvalue weighted by atomic mass is 10.2. The molecule has 0 saturated carbocycles. The topological polar surface area (TPSA) is 40.5 Å². The van der Waals surface area contributed by atoms with Crippen LogP contribution in [-0.2, 0) is 23.7 Å². The van der Waals surface area contributed by atoms with E-state index in [4.69, 9.17) is 10.2 Å². The van der Waals surface area contributed by atoms with E-state index >= 15 is 0 Å². The largest absolute Gasteiger partial charge is 0.396 e. The Bertz CT molecular complexity index is 718. The van der Waals surface area contributed by atoms with E-state index in [1.54, 1.807) is 0 Å². The van der Waals surface area contributed by atoms with Crippen molar-refractivity contribution in [2.45, 2.75) is 27.5 Å². The summed E-state index contributed by atoms with van der Waals surface area (Å²) in [6.45, 7) is 0.353. The van der Waals surface area contributed by atoms with E-state index in [-0.39, 0.29) is 24.1 Å². The van der Waals surface area contributed by atoms with Crippen molar-refractivity contribution in [1.82, 2.24) is 0 Å². The van der Waals surface area contributed by atoms with Crippen LogP contribution in [0.2, 0.25) is 0 Å². The molecule has 3 aromatic rings. The van der Waals surface area contributed by atoms with Crippen molar-refractivity contribution in [3.05, 3.63) is 90.0 Å². The zero-order valence-electron chi connectivity index (χ0n) is 14.1. The van der Waals surface area contributed by atoms with Crippen LogP contribution < -0.4 is 0 Å². The summed E-state index contributed by atoms with van der Waals surface area (Å²) in [5, 5.41) is 18.2. The maximum Gasteiger partial charge on any atom is 0.166 e. The van der Waals surface area contributed by atoms with Gasteiger partial charge in [0.2, 0.25) is 0 Å². The standard InChI is InChI=1S/C22H23O2S/c23-16-14-18-6-10-21(11-7-18)25(20-4-2-1-3-5-20)22-12-8-19(9-13-22)15-17-24/h1-13,23-24H,14-17H2/q+1. The van der Waals surface area contributed by atoms with E-state index in [0.717, 1.165) is 11.1 Å². The predicted molar refractivity (Wildman–Crippen MR) is 103 cm³/mol. The van der Waals surface area contributed by atoms with Crippen LogP contribution in [0.15, 0.2) is 93.5 Å². The molecule has 0 aliphatic heterocycles. The monoisotopic (exact) mass is 351 g/mol. The first-order valence-electron chi connectivity index (χ1n) is 8.51. The first-order valence-corrected chi connectivity index (χ1v) is 9.73. The summed E-state index contributed by atoms with van der Waals surface area (Å²) < 4.78 is 0. The van der Waals surface area contributed by atoms with Crippen molar-refractivity contribution in [3.8, 4) is 0 Å². The molecule has 0 aromatic heterocycles. The van der Waals surface area contributed by atoms with Crippen LogP contribution >= 0.6 is 0 Å². The van der Waals surface area contributed by atoms with Gasteiger partial charge < -0.3 is 10.2 Å². The van der Waals surface area contributed by atoms with Crippen LogP contribution in [0, 0.1) is 0 Å². The Labute approximate surface area is 152 Å². The molecule has 128 valence electrons. The van der Waals surface area contributed by atoms with Crippen LogP contribution in [0.4, 0.5) is 0 Å². The van der Waals surface area contributed by atoms with E-state index < -0.39 is 0 Å². The Morgan fingerprint density at radius 3 is 1.32 bits per heavy atom. The Morgan fingerprint density at radius 2 is 0.920 bits per heavy atom. The van der Waals surface area contributed by atoms with E-state index in [2.05, 4.69) is 72.8 Å². The van der Waals surface area contributed by atoms with Crippen molar-refractivity contribution >= 4 is 10.9 Å². The third-order valence-electron chi connectivity index (χ3n) is 4.10. The maximum absolute atomic E-state index is 9.11. The lowest BCUT2D eigenvalue weighted by molar-refractivity contribution is 0.299. The SMILES string of the molecule is OCCc1ccc([S+](c2ccccc2)c2ccc(CCO)cc2)cc1. The third kappa shape index (κ3) is 4.51. The summed E-state index contributed by atoms with van der Waals surface area (Å²) in [6, 6.07) is 27.6. The van der Waals surface area contributed by atoms with Gasteiger partial charge in [-0.1, -0.05) is 42.5 Å². The highest BCUT2D eigenvalue weighted by atomic mass is 32.2. The highest BCUT2D eigenvalue weighted by Crippen LogP contribution is 2.31. The van der Waals surface area contributed by atoms with Gasteiger partial charge in [-0.3, -0.25) is 0 Å². The van der Waals surface area contributed by atoms with Crippen molar-refractivity contribution in [3.63, 3.8) is 0 Å². The van der Waals surface area contributed by atoms with Crippen LogP contribution in [0.25, 0.3) is 0 Å². The number of aliphatic hydroxyl groups is 2. The van der Waals surface area contributed by atoms with Crippen LogP contribution in [0.1, 0.15) is 11.1 Å². The molecule has 3 heteroatoms. The average Bonchev–Trinajstić information content (AvgIpc) is 2.66.